The largest absolute Gasteiger partial charge is 0.365 e. The number of benzene rings is 1. The molecule has 0 aromatic heterocycles. The molecule has 0 saturated carbocycles. The predicted molar refractivity (Wildman–Crippen MR) is 72.8 cm³/mol. The van der Waals surface area contributed by atoms with E-state index in [1.54, 1.807) is 0 Å². The van der Waals surface area contributed by atoms with E-state index in [1.807, 2.05) is 0 Å². The van der Waals surface area contributed by atoms with Gasteiger partial charge in [0, 0.05) is 17.9 Å². The first-order valence-electron chi connectivity index (χ1n) is 5.66. The SMILES string of the molecule is O=C(ON1C(=O)CCC1=O)c1cc(Cl)cc(S(=O)(=O)O)c1Cl. The molecule has 0 spiro atoms. The van der Waals surface area contributed by atoms with Crippen molar-refractivity contribution in [1.82, 2.24) is 5.06 Å². The Kier molecular flexibility index (Phi) is 4.43. The molecule has 0 unspecified atom stereocenters. The van der Waals surface area contributed by atoms with E-state index in [0.29, 0.717) is 0 Å². The molecule has 118 valence electrons. The molecular weight excluding hydrogens is 361 g/mol. The van der Waals surface area contributed by atoms with Crippen molar-refractivity contribution in [3.63, 3.8) is 0 Å². The van der Waals surface area contributed by atoms with Crippen LogP contribution in [0.2, 0.25) is 10.0 Å². The first-order valence-corrected chi connectivity index (χ1v) is 7.85. The summed E-state index contributed by atoms with van der Waals surface area (Å²) in [4.78, 5) is 38.5. The molecular formula is C11H7Cl2NO7S. The summed E-state index contributed by atoms with van der Waals surface area (Å²) in [6.07, 6.45) is -0.211. The number of hydrogen-bond acceptors (Lipinski definition) is 6. The summed E-state index contributed by atoms with van der Waals surface area (Å²) in [6, 6.07) is 1.81. The quantitative estimate of drug-likeness (QED) is 0.634. The van der Waals surface area contributed by atoms with E-state index in [2.05, 4.69) is 4.84 Å². The summed E-state index contributed by atoms with van der Waals surface area (Å²) in [7, 11) is -4.73. The van der Waals surface area contributed by atoms with Gasteiger partial charge in [0.2, 0.25) is 0 Å². The highest BCUT2D eigenvalue weighted by Crippen LogP contribution is 2.30. The Hall–Kier alpha value is -1.68. The lowest BCUT2D eigenvalue weighted by atomic mass is 10.2. The maximum Gasteiger partial charge on any atom is 0.365 e. The van der Waals surface area contributed by atoms with E-state index in [-0.39, 0.29) is 22.9 Å². The van der Waals surface area contributed by atoms with Crippen LogP contribution in [0.15, 0.2) is 17.0 Å². The van der Waals surface area contributed by atoms with Gasteiger partial charge in [0.1, 0.15) is 4.90 Å². The summed E-state index contributed by atoms with van der Waals surface area (Å²) in [5.74, 6) is -2.70. The molecule has 2 rings (SSSR count). The van der Waals surface area contributed by atoms with Crippen LogP contribution in [0.4, 0.5) is 0 Å². The van der Waals surface area contributed by atoms with Crippen molar-refractivity contribution < 1.29 is 32.2 Å². The van der Waals surface area contributed by atoms with Gasteiger partial charge in [0.25, 0.3) is 21.9 Å². The van der Waals surface area contributed by atoms with Crippen LogP contribution >= 0.6 is 23.2 Å². The van der Waals surface area contributed by atoms with Crippen LogP contribution in [-0.2, 0) is 24.5 Å². The lowest BCUT2D eigenvalue weighted by Crippen LogP contribution is -2.32. The first kappa shape index (κ1) is 16.7. The highest BCUT2D eigenvalue weighted by Gasteiger charge is 2.34. The zero-order valence-electron chi connectivity index (χ0n) is 10.6. The van der Waals surface area contributed by atoms with Crippen LogP contribution in [-0.4, -0.2) is 35.8 Å². The third-order valence-corrected chi connectivity index (χ3v) is 4.30. The molecule has 0 radical (unpaired) electrons. The number of amides is 2. The number of nitrogens with zero attached hydrogens (tertiary/aromatic N) is 1. The van der Waals surface area contributed by atoms with Gasteiger partial charge in [-0.2, -0.15) is 8.42 Å². The molecule has 1 aromatic rings. The normalized spacial score (nSPS) is 15.3. The monoisotopic (exact) mass is 367 g/mol. The molecule has 2 amide bonds. The predicted octanol–water partition coefficient (Wildman–Crippen LogP) is 1.46. The van der Waals surface area contributed by atoms with Gasteiger partial charge in [-0.05, 0) is 12.1 Å². The Labute approximate surface area is 134 Å². The van der Waals surface area contributed by atoms with Crippen molar-refractivity contribution >= 4 is 51.1 Å². The van der Waals surface area contributed by atoms with Gasteiger partial charge < -0.3 is 4.84 Å². The van der Waals surface area contributed by atoms with Crippen LogP contribution in [0.1, 0.15) is 23.2 Å². The number of rotatable bonds is 3. The lowest BCUT2D eigenvalue weighted by molar-refractivity contribution is -0.172. The zero-order valence-corrected chi connectivity index (χ0v) is 12.9. The summed E-state index contributed by atoms with van der Waals surface area (Å²) >= 11 is 11.4. The first-order chi connectivity index (χ1) is 10.1. The summed E-state index contributed by atoms with van der Waals surface area (Å²) in [6.45, 7) is 0. The van der Waals surface area contributed by atoms with Gasteiger partial charge in [-0.1, -0.05) is 23.2 Å². The van der Waals surface area contributed by atoms with Gasteiger partial charge in [-0.15, -0.1) is 5.06 Å². The molecule has 1 heterocycles. The number of imide groups is 1. The van der Waals surface area contributed by atoms with Gasteiger partial charge in [-0.3, -0.25) is 14.1 Å². The number of carbonyl (C=O) groups is 3. The van der Waals surface area contributed by atoms with Gasteiger partial charge in [0.05, 0.1) is 10.6 Å². The molecule has 0 bridgehead atoms. The summed E-state index contributed by atoms with van der Waals surface area (Å²) in [5, 5.41) is -0.591. The van der Waals surface area contributed by atoms with E-state index in [1.165, 1.54) is 0 Å². The molecule has 0 aliphatic carbocycles. The van der Waals surface area contributed by atoms with Gasteiger partial charge in [0.15, 0.2) is 0 Å². The third kappa shape index (κ3) is 3.22. The standard InChI is InChI=1S/C11H7Cl2NO7S/c12-5-3-6(10(13)7(4-5)22(18,19)20)11(17)21-14-8(15)1-2-9(14)16/h3-4H,1-2H2,(H,18,19,20). The number of halogens is 2. The smallest absolute Gasteiger partial charge is 0.325 e. The topological polar surface area (TPSA) is 118 Å². The van der Waals surface area contributed by atoms with Gasteiger partial charge >= 0.3 is 5.97 Å². The van der Waals surface area contributed by atoms with Crippen molar-refractivity contribution in [2.24, 2.45) is 0 Å². The van der Waals surface area contributed by atoms with Crippen LogP contribution in [0.5, 0.6) is 0 Å². The van der Waals surface area contributed by atoms with Crippen molar-refractivity contribution in [2.45, 2.75) is 17.7 Å². The fourth-order valence-corrected chi connectivity index (χ4v) is 3.06. The second-order valence-corrected chi connectivity index (χ2v) is 6.41. The average molecular weight is 368 g/mol. The molecule has 1 aliphatic heterocycles. The summed E-state index contributed by atoms with van der Waals surface area (Å²) in [5.41, 5.74) is -0.519. The van der Waals surface area contributed by atoms with Crippen LogP contribution in [0.25, 0.3) is 0 Å². The Morgan fingerprint density at radius 3 is 2.23 bits per heavy atom. The average Bonchev–Trinajstić information content (AvgIpc) is 2.71. The van der Waals surface area contributed by atoms with E-state index in [4.69, 9.17) is 27.8 Å². The van der Waals surface area contributed by atoms with E-state index in [9.17, 15) is 22.8 Å². The molecule has 1 saturated heterocycles. The maximum absolute atomic E-state index is 12.0. The van der Waals surface area contributed by atoms with E-state index >= 15 is 0 Å². The minimum absolute atomic E-state index is 0.105. The number of hydroxylamine groups is 2. The molecule has 22 heavy (non-hydrogen) atoms. The van der Waals surface area contributed by atoms with Gasteiger partial charge in [-0.25, -0.2) is 4.79 Å². The van der Waals surface area contributed by atoms with Crippen LogP contribution < -0.4 is 0 Å². The molecule has 0 atom stereocenters. The third-order valence-electron chi connectivity index (χ3n) is 2.68. The van der Waals surface area contributed by atoms with Crippen molar-refractivity contribution in [1.29, 1.82) is 0 Å². The Morgan fingerprint density at radius 2 is 1.73 bits per heavy atom. The van der Waals surface area contributed by atoms with Crippen molar-refractivity contribution in [2.75, 3.05) is 0 Å². The van der Waals surface area contributed by atoms with Crippen molar-refractivity contribution in [3.8, 4) is 0 Å². The fourth-order valence-electron chi connectivity index (χ4n) is 1.69. The number of carbonyl (C=O) groups excluding carboxylic acids is 3. The van der Waals surface area contributed by atoms with E-state index in [0.717, 1.165) is 12.1 Å². The minimum atomic E-state index is -4.73. The molecule has 1 N–H and O–H groups in total. The Bertz CT molecular complexity index is 774. The fraction of sp³-hybridized carbons (Fsp3) is 0.182. The zero-order chi connectivity index (χ0) is 16.7. The highest BCUT2D eigenvalue weighted by atomic mass is 35.5. The molecule has 1 aliphatic rings. The highest BCUT2D eigenvalue weighted by molar-refractivity contribution is 7.86. The van der Waals surface area contributed by atoms with E-state index < -0.39 is 43.4 Å². The molecule has 8 nitrogen and oxygen atoms in total. The number of hydrogen-bond donors (Lipinski definition) is 1. The summed E-state index contributed by atoms with van der Waals surface area (Å²) < 4.78 is 31.4. The van der Waals surface area contributed by atoms with Crippen LogP contribution in [0.3, 0.4) is 0 Å². The Balaban J connectivity index is 2.40. The van der Waals surface area contributed by atoms with Crippen molar-refractivity contribution in [3.05, 3.63) is 27.7 Å². The second-order valence-electron chi connectivity index (χ2n) is 4.20. The minimum Gasteiger partial charge on any atom is -0.325 e. The molecule has 1 fully saturated rings. The second kappa shape index (κ2) is 5.84. The molecule has 1 aromatic carbocycles. The maximum atomic E-state index is 12.0. The Morgan fingerprint density at radius 1 is 1.18 bits per heavy atom. The lowest BCUT2D eigenvalue weighted by Gasteiger charge is -2.14. The molecule has 11 heteroatoms. The van der Waals surface area contributed by atoms with Crippen LogP contribution in [0, 0.1) is 0 Å².